The zero-order valence-corrected chi connectivity index (χ0v) is 16.9. The third-order valence-corrected chi connectivity index (χ3v) is 4.29. The summed E-state index contributed by atoms with van der Waals surface area (Å²) >= 11 is 0. The van der Waals surface area contributed by atoms with Crippen molar-refractivity contribution in [2.75, 3.05) is 31.1 Å². The average Bonchev–Trinajstić information content (AvgIpc) is 2.78. The first-order chi connectivity index (χ1) is 15.4. The molecule has 33 heavy (non-hydrogen) atoms. The number of anilines is 1. The van der Waals surface area contributed by atoms with E-state index in [0.717, 1.165) is 43.6 Å². The third kappa shape index (κ3) is 8.21. The molecule has 0 atom stereocenters. The molecular weight excluding hydrogens is 460 g/mol. The summed E-state index contributed by atoms with van der Waals surface area (Å²) < 4.78 is 69.1. The van der Waals surface area contributed by atoms with E-state index in [4.69, 9.17) is 9.90 Å². The van der Waals surface area contributed by atoms with Gasteiger partial charge in [-0.05, 0) is 17.7 Å². The summed E-state index contributed by atoms with van der Waals surface area (Å²) in [6.45, 7) is 4.05. The largest absolute Gasteiger partial charge is 0.490 e. The van der Waals surface area contributed by atoms with Gasteiger partial charge in [-0.2, -0.15) is 26.3 Å². The molecule has 3 rings (SSSR count). The number of halogens is 6. The molecule has 1 fully saturated rings. The Morgan fingerprint density at radius 2 is 1.58 bits per heavy atom. The van der Waals surface area contributed by atoms with Gasteiger partial charge in [-0.25, -0.2) is 14.8 Å². The summed E-state index contributed by atoms with van der Waals surface area (Å²) in [7, 11) is 0. The minimum atomic E-state index is -5.08. The molecule has 0 unspecified atom stereocenters. The van der Waals surface area contributed by atoms with Crippen molar-refractivity contribution in [1.29, 1.82) is 0 Å². The third-order valence-electron chi connectivity index (χ3n) is 4.29. The Bertz CT molecular complexity index is 927. The SMILES string of the molecule is O=C(NCc1ccc(N2CCNCC2)cc1)c1cnc(C(F)(F)F)cn1.O=C(O)C(F)(F)F. The molecule has 1 saturated heterocycles. The molecule has 0 radical (unpaired) electrons. The molecular formula is C19H19F6N5O3. The molecule has 8 nitrogen and oxygen atoms in total. The molecule has 2 heterocycles. The first kappa shape index (κ1) is 25.8. The van der Waals surface area contributed by atoms with Crippen LogP contribution in [0.3, 0.4) is 0 Å². The quantitative estimate of drug-likeness (QED) is 0.579. The summed E-state index contributed by atoms with van der Waals surface area (Å²) in [6.07, 6.45) is -8.28. The van der Waals surface area contributed by atoms with Gasteiger partial charge in [0.1, 0.15) is 5.69 Å². The van der Waals surface area contributed by atoms with Crippen molar-refractivity contribution < 1.29 is 41.0 Å². The van der Waals surface area contributed by atoms with Gasteiger partial charge in [-0.15, -0.1) is 0 Å². The fourth-order valence-electron chi connectivity index (χ4n) is 2.61. The second-order valence-corrected chi connectivity index (χ2v) is 6.67. The topological polar surface area (TPSA) is 107 Å². The number of rotatable bonds is 4. The van der Waals surface area contributed by atoms with Crippen molar-refractivity contribution in [2.24, 2.45) is 0 Å². The molecule has 0 saturated carbocycles. The van der Waals surface area contributed by atoms with Gasteiger partial charge < -0.3 is 20.6 Å². The highest BCUT2D eigenvalue weighted by Crippen LogP contribution is 2.26. The Morgan fingerprint density at radius 1 is 1.00 bits per heavy atom. The Labute approximate surface area is 183 Å². The zero-order chi connectivity index (χ0) is 24.6. The molecule has 1 aliphatic heterocycles. The standard InChI is InChI=1S/C17H18F3N5O.C2HF3O2/c18-17(19,20)15-11-22-14(10-23-15)16(26)24-9-12-1-3-13(4-2-12)25-7-5-21-6-8-25;3-2(4,5)1(6)7/h1-4,10-11,21H,5-9H2,(H,24,26);(H,6,7). The predicted octanol–water partition coefficient (Wildman–Crippen LogP) is 2.47. The van der Waals surface area contributed by atoms with Crippen molar-refractivity contribution >= 4 is 17.6 Å². The number of carboxylic acids is 1. The number of carbonyl (C=O) groups excluding carboxylic acids is 1. The monoisotopic (exact) mass is 479 g/mol. The maximum atomic E-state index is 12.4. The second kappa shape index (κ2) is 10.9. The number of hydrogen-bond acceptors (Lipinski definition) is 6. The number of nitrogens with one attached hydrogen (secondary N) is 2. The van der Waals surface area contributed by atoms with E-state index in [1.54, 1.807) is 0 Å². The lowest BCUT2D eigenvalue weighted by Crippen LogP contribution is -2.43. The van der Waals surface area contributed by atoms with Crippen LogP contribution in [-0.2, 0) is 17.5 Å². The fourth-order valence-corrected chi connectivity index (χ4v) is 2.61. The number of aromatic nitrogens is 2. The lowest BCUT2D eigenvalue weighted by Gasteiger charge is -2.29. The van der Waals surface area contributed by atoms with E-state index >= 15 is 0 Å². The molecule has 1 aromatic heterocycles. The highest BCUT2D eigenvalue weighted by molar-refractivity contribution is 5.91. The predicted molar refractivity (Wildman–Crippen MR) is 103 cm³/mol. The summed E-state index contributed by atoms with van der Waals surface area (Å²) in [5, 5.41) is 13.0. The normalized spacial score (nSPS) is 14.2. The smallest absolute Gasteiger partial charge is 0.475 e. The number of piperazine rings is 1. The maximum Gasteiger partial charge on any atom is 0.490 e. The van der Waals surface area contributed by atoms with E-state index in [2.05, 4.69) is 25.5 Å². The van der Waals surface area contributed by atoms with Gasteiger partial charge in [-0.3, -0.25) is 4.79 Å². The average molecular weight is 479 g/mol. The molecule has 1 aliphatic rings. The van der Waals surface area contributed by atoms with E-state index in [1.807, 2.05) is 24.3 Å². The van der Waals surface area contributed by atoms with Crippen molar-refractivity contribution in [1.82, 2.24) is 20.6 Å². The summed E-state index contributed by atoms with van der Waals surface area (Å²) in [5.74, 6) is -3.33. The summed E-state index contributed by atoms with van der Waals surface area (Å²) in [4.78, 5) is 29.9. The van der Waals surface area contributed by atoms with Crippen LogP contribution >= 0.6 is 0 Å². The van der Waals surface area contributed by atoms with Crippen molar-refractivity contribution in [3.8, 4) is 0 Å². The Balaban J connectivity index is 0.000000479. The number of benzene rings is 1. The van der Waals surface area contributed by atoms with Gasteiger partial charge >= 0.3 is 18.3 Å². The zero-order valence-electron chi connectivity index (χ0n) is 16.9. The van der Waals surface area contributed by atoms with Crippen molar-refractivity contribution in [3.05, 3.63) is 53.6 Å². The van der Waals surface area contributed by atoms with Crippen LogP contribution in [0.25, 0.3) is 0 Å². The second-order valence-electron chi connectivity index (χ2n) is 6.67. The molecule has 1 amide bonds. The van der Waals surface area contributed by atoms with E-state index in [0.29, 0.717) is 6.20 Å². The summed E-state index contributed by atoms with van der Waals surface area (Å²) in [5.41, 5.74) is 0.722. The number of alkyl halides is 6. The Kier molecular flexibility index (Phi) is 8.56. The minimum Gasteiger partial charge on any atom is -0.475 e. The molecule has 2 aromatic rings. The van der Waals surface area contributed by atoms with Gasteiger partial charge in [-0.1, -0.05) is 12.1 Å². The Morgan fingerprint density at radius 3 is 2.03 bits per heavy atom. The molecule has 0 aliphatic carbocycles. The van der Waals surface area contributed by atoms with Crippen LogP contribution < -0.4 is 15.5 Å². The van der Waals surface area contributed by atoms with Crippen molar-refractivity contribution in [3.63, 3.8) is 0 Å². The van der Waals surface area contributed by atoms with Gasteiger partial charge in [0.05, 0.1) is 12.4 Å². The number of nitrogens with zero attached hydrogens (tertiary/aromatic N) is 3. The molecule has 180 valence electrons. The van der Waals surface area contributed by atoms with Crippen LogP contribution in [0.4, 0.5) is 32.0 Å². The van der Waals surface area contributed by atoms with Gasteiger partial charge in [0.25, 0.3) is 5.91 Å². The van der Waals surface area contributed by atoms with Gasteiger partial charge in [0.2, 0.25) is 0 Å². The van der Waals surface area contributed by atoms with E-state index in [9.17, 15) is 31.1 Å². The van der Waals surface area contributed by atoms with Crippen LogP contribution in [-0.4, -0.2) is 59.3 Å². The van der Waals surface area contributed by atoms with E-state index in [-0.39, 0.29) is 12.2 Å². The first-order valence-electron chi connectivity index (χ1n) is 9.40. The van der Waals surface area contributed by atoms with Crippen LogP contribution in [0.5, 0.6) is 0 Å². The number of carboxylic acid groups (broad SMARTS) is 1. The lowest BCUT2D eigenvalue weighted by molar-refractivity contribution is -0.192. The highest BCUT2D eigenvalue weighted by atomic mass is 19.4. The van der Waals surface area contributed by atoms with Crippen LogP contribution in [0.2, 0.25) is 0 Å². The first-order valence-corrected chi connectivity index (χ1v) is 9.40. The lowest BCUT2D eigenvalue weighted by atomic mass is 10.2. The molecule has 3 N–H and O–H groups in total. The Hall–Kier alpha value is -3.42. The molecule has 1 aromatic carbocycles. The number of carbonyl (C=O) groups is 2. The molecule has 14 heteroatoms. The molecule has 0 bridgehead atoms. The number of amides is 1. The number of hydrogen-bond donors (Lipinski definition) is 3. The van der Waals surface area contributed by atoms with Gasteiger partial charge in [0.15, 0.2) is 5.69 Å². The van der Waals surface area contributed by atoms with E-state index < -0.39 is 29.9 Å². The van der Waals surface area contributed by atoms with Crippen LogP contribution in [0.15, 0.2) is 36.7 Å². The number of aliphatic carboxylic acids is 1. The fraction of sp³-hybridized carbons (Fsp3) is 0.368. The van der Waals surface area contributed by atoms with Gasteiger partial charge in [0, 0.05) is 38.4 Å². The molecule has 0 spiro atoms. The van der Waals surface area contributed by atoms with E-state index in [1.165, 1.54) is 0 Å². The van der Waals surface area contributed by atoms with Crippen LogP contribution in [0.1, 0.15) is 21.7 Å². The van der Waals surface area contributed by atoms with Crippen LogP contribution in [0, 0.1) is 0 Å². The maximum absolute atomic E-state index is 12.4. The minimum absolute atomic E-state index is 0.157. The highest BCUT2D eigenvalue weighted by Gasteiger charge is 2.38. The summed E-state index contributed by atoms with van der Waals surface area (Å²) in [6, 6.07) is 7.81. The van der Waals surface area contributed by atoms with Crippen molar-refractivity contribution in [2.45, 2.75) is 18.9 Å².